The fourth-order valence-electron chi connectivity index (χ4n) is 1.38. The van der Waals surface area contributed by atoms with Crippen molar-refractivity contribution < 1.29 is 0 Å². The zero-order valence-corrected chi connectivity index (χ0v) is 12.0. The third-order valence-corrected chi connectivity index (χ3v) is 6.52. The van der Waals surface area contributed by atoms with Gasteiger partial charge >= 0.3 is 0 Å². The van der Waals surface area contributed by atoms with Crippen molar-refractivity contribution in [2.75, 3.05) is 0 Å². The maximum atomic E-state index is 6.27. The van der Waals surface area contributed by atoms with Crippen LogP contribution in [0.4, 0.5) is 0 Å². The summed E-state index contributed by atoms with van der Waals surface area (Å²) in [6.07, 6.45) is 5.06. The molecule has 0 heterocycles. The monoisotopic (exact) mass is 326 g/mol. The van der Waals surface area contributed by atoms with Gasteiger partial charge in [-0.3, -0.25) is 0 Å². The minimum absolute atomic E-state index is 0.278. The van der Waals surface area contributed by atoms with E-state index in [1.165, 1.54) is 0 Å². The van der Waals surface area contributed by atoms with Gasteiger partial charge in [0.05, 0.1) is 5.38 Å². The van der Waals surface area contributed by atoms with Gasteiger partial charge in [-0.1, -0.05) is 71.2 Å². The standard InChI is InChI=1S/C9H8Cl6/c1-2-3-4-7(11)5-6(10)8(12,13)9(7,14)15/h2-4,6H,1,5H2. The maximum absolute atomic E-state index is 6.27. The van der Waals surface area contributed by atoms with E-state index in [2.05, 4.69) is 6.58 Å². The van der Waals surface area contributed by atoms with Gasteiger partial charge in [-0.25, -0.2) is 0 Å². The highest BCUT2D eigenvalue weighted by Crippen LogP contribution is 2.63. The van der Waals surface area contributed by atoms with Gasteiger partial charge in [0.2, 0.25) is 0 Å². The molecule has 2 unspecified atom stereocenters. The Labute approximate surface area is 119 Å². The van der Waals surface area contributed by atoms with Crippen molar-refractivity contribution in [3.05, 3.63) is 24.8 Å². The zero-order chi connectivity index (χ0) is 11.9. The molecule has 86 valence electrons. The topological polar surface area (TPSA) is 0 Å². The van der Waals surface area contributed by atoms with E-state index in [1.54, 1.807) is 18.2 Å². The van der Waals surface area contributed by atoms with E-state index < -0.39 is 18.9 Å². The van der Waals surface area contributed by atoms with E-state index in [9.17, 15) is 0 Å². The molecule has 1 rings (SSSR count). The predicted molar refractivity (Wildman–Crippen MR) is 71.1 cm³/mol. The maximum Gasteiger partial charge on any atom is 0.174 e. The first-order valence-corrected chi connectivity index (χ1v) is 6.40. The molecule has 1 aliphatic carbocycles. The summed E-state index contributed by atoms with van der Waals surface area (Å²) in [5.41, 5.74) is 0. The minimum Gasteiger partial charge on any atom is -0.120 e. The van der Waals surface area contributed by atoms with Gasteiger partial charge in [0.15, 0.2) is 8.67 Å². The quantitative estimate of drug-likeness (QED) is 0.490. The Morgan fingerprint density at radius 2 is 1.67 bits per heavy atom. The third-order valence-electron chi connectivity index (χ3n) is 2.31. The van der Waals surface area contributed by atoms with Crippen LogP contribution in [0.1, 0.15) is 6.42 Å². The van der Waals surface area contributed by atoms with Crippen molar-refractivity contribution in [3.8, 4) is 0 Å². The lowest BCUT2D eigenvalue weighted by Gasteiger charge is -2.34. The van der Waals surface area contributed by atoms with Crippen molar-refractivity contribution in [1.82, 2.24) is 0 Å². The van der Waals surface area contributed by atoms with Crippen molar-refractivity contribution in [2.24, 2.45) is 0 Å². The second-order valence-electron chi connectivity index (χ2n) is 3.33. The largest absolute Gasteiger partial charge is 0.174 e. The Balaban J connectivity index is 3.14. The van der Waals surface area contributed by atoms with Crippen LogP contribution in [0.15, 0.2) is 24.8 Å². The summed E-state index contributed by atoms with van der Waals surface area (Å²) < 4.78 is -3.05. The minimum atomic E-state index is -1.56. The number of alkyl halides is 6. The highest BCUT2D eigenvalue weighted by Gasteiger charge is 2.69. The Morgan fingerprint density at radius 1 is 1.13 bits per heavy atom. The van der Waals surface area contributed by atoms with Crippen LogP contribution in [0.25, 0.3) is 0 Å². The number of halogens is 6. The molecule has 0 bridgehead atoms. The molecule has 0 nitrogen and oxygen atoms in total. The molecule has 0 spiro atoms. The fourth-order valence-corrected chi connectivity index (χ4v) is 3.49. The molecule has 1 saturated carbocycles. The Morgan fingerprint density at radius 3 is 2.00 bits per heavy atom. The lowest BCUT2D eigenvalue weighted by Crippen LogP contribution is -2.45. The smallest absolute Gasteiger partial charge is 0.120 e. The van der Waals surface area contributed by atoms with Crippen LogP contribution >= 0.6 is 69.6 Å². The molecule has 0 aromatic heterocycles. The average Bonchev–Trinajstić information content (AvgIpc) is 2.23. The second kappa shape index (κ2) is 4.48. The molecule has 0 aromatic carbocycles. The van der Waals surface area contributed by atoms with Gasteiger partial charge in [0.1, 0.15) is 4.87 Å². The predicted octanol–water partition coefficient (Wildman–Crippen LogP) is 5.07. The molecule has 15 heavy (non-hydrogen) atoms. The van der Waals surface area contributed by atoms with E-state index in [0.29, 0.717) is 0 Å². The second-order valence-corrected chi connectivity index (χ2v) is 7.24. The Hall–Kier alpha value is 1.22. The van der Waals surface area contributed by atoms with Gasteiger partial charge in [0.25, 0.3) is 0 Å². The van der Waals surface area contributed by atoms with Gasteiger partial charge in [0, 0.05) is 0 Å². The first-order valence-electron chi connectivity index (χ1n) is 4.08. The molecular weight excluding hydrogens is 321 g/mol. The van der Waals surface area contributed by atoms with Gasteiger partial charge in [-0.05, 0) is 6.42 Å². The summed E-state index contributed by atoms with van der Waals surface area (Å²) in [5, 5.41) is -0.622. The molecule has 0 radical (unpaired) electrons. The number of hydrogen-bond acceptors (Lipinski definition) is 0. The summed E-state index contributed by atoms with van der Waals surface area (Å²) in [6.45, 7) is 3.53. The van der Waals surface area contributed by atoms with E-state index in [-0.39, 0.29) is 6.42 Å². The van der Waals surface area contributed by atoms with E-state index in [1.807, 2.05) is 0 Å². The number of rotatable bonds is 2. The van der Waals surface area contributed by atoms with Crippen LogP contribution in [0.3, 0.4) is 0 Å². The number of hydrogen-bond donors (Lipinski definition) is 0. The van der Waals surface area contributed by atoms with E-state index >= 15 is 0 Å². The van der Waals surface area contributed by atoms with Crippen LogP contribution in [0.2, 0.25) is 0 Å². The number of allylic oxidation sites excluding steroid dienone is 3. The average molecular weight is 329 g/mol. The van der Waals surface area contributed by atoms with Crippen molar-refractivity contribution in [3.63, 3.8) is 0 Å². The van der Waals surface area contributed by atoms with Crippen LogP contribution in [0.5, 0.6) is 0 Å². The van der Waals surface area contributed by atoms with E-state index in [4.69, 9.17) is 69.6 Å². The first-order chi connectivity index (χ1) is 6.69. The molecule has 0 amide bonds. The Bertz CT molecular complexity index is 295. The van der Waals surface area contributed by atoms with Gasteiger partial charge in [-0.2, -0.15) is 0 Å². The van der Waals surface area contributed by atoms with Gasteiger partial charge in [-0.15, -0.1) is 23.2 Å². The molecular formula is C9H8Cl6. The summed E-state index contributed by atoms with van der Waals surface area (Å²) >= 11 is 36.4. The normalized spacial score (nSPS) is 38.4. The molecule has 0 N–H and O–H groups in total. The SMILES string of the molecule is C=CC=CC1(Cl)CC(Cl)C(Cl)(Cl)C1(Cl)Cl. The fraction of sp³-hybridized carbons (Fsp3) is 0.556. The van der Waals surface area contributed by atoms with Crippen molar-refractivity contribution >= 4 is 69.6 Å². The van der Waals surface area contributed by atoms with Crippen molar-refractivity contribution in [2.45, 2.75) is 25.3 Å². The molecule has 1 fully saturated rings. The lowest BCUT2D eigenvalue weighted by molar-refractivity contribution is 0.677. The van der Waals surface area contributed by atoms with Crippen LogP contribution < -0.4 is 0 Å². The first kappa shape index (κ1) is 14.3. The summed E-state index contributed by atoms with van der Waals surface area (Å²) in [7, 11) is 0. The zero-order valence-electron chi connectivity index (χ0n) is 7.49. The summed E-state index contributed by atoms with van der Waals surface area (Å²) in [5.74, 6) is 0. The molecule has 1 aliphatic rings. The van der Waals surface area contributed by atoms with Crippen LogP contribution in [-0.4, -0.2) is 18.9 Å². The molecule has 0 aromatic rings. The van der Waals surface area contributed by atoms with Crippen molar-refractivity contribution in [1.29, 1.82) is 0 Å². The van der Waals surface area contributed by atoms with Crippen LogP contribution in [0, 0.1) is 0 Å². The molecule has 0 saturated heterocycles. The summed E-state index contributed by atoms with van der Waals surface area (Å²) in [4.78, 5) is -1.10. The molecule has 2 atom stereocenters. The highest BCUT2D eigenvalue weighted by atomic mass is 35.5. The highest BCUT2D eigenvalue weighted by molar-refractivity contribution is 6.68. The molecule has 0 aliphatic heterocycles. The van der Waals surface area contributed by atoms with E-state index in [0.717, 1.165) is 0 Å². The molecule has 6 heteroatoms. The lowest BCUT2D eigenvalue weighted by atomic mass is 10.1. The third kappa shape index (κ3) is 2.14. The van der Waals surface area contributed by atoms with Crippen LogP contribution in [-0.2, 0) is 0 Å². The summed E-state index contributed by atoms with van der Waals surface area (Å²) in [6, 6.07) is 0. The Kier molecular flexibility index (Phi) is 4.26. The van der Waals surface area contributed by atoms with Gasteiger partial charge < -0.3 is 0 Å².